The Hall–Kier alpha value is -1.66. The molecule has 0 saturated carbocycles. The van der Waals surface area contributed by atoms with Gasteiger partial charge in [-0.1, -0.05) is 17.3 Å². The van der Waals surface area contributed by atoms with Crippen LogP contribution < -0.4 is 10.1 Å². The standard InChI is InChI=1S/C12H14FN3O2.ClH/c1-14-7-6-11-15-12(18-16-11)8-17-10-5-3-2-4-9(10)13;/h2-5,14H,6-8H2,1H3;1H. The lowest BCUT2D eigenvalue weighted by Crippen LogP contribution is -2.11. The first-order chi connectivity index (χ1) is 8.79. The van der Waals surface area contributed by atoms with Crippen LogP contribution in [0.25, 0.3) is 0 Å². The largest absolute Gasteiger partial charge is 0.481 e. The number of aromatic nitrogens is 2. The van der Waals surface area contributed by atoms with E-state index in [0.29, 0.717) is 18.1 Å². The van der Waals surface area contributed by atoms with Gasteiger partial charge < -0.3 is 14.6 Å². The molecule has 1 aromatic carbocycles. The number of nitrogens with zero attached hydrogens (tertiary/aromatic N) is 2. The molecule has 0 radical (unpaired) electrons. The second kappa shape index (κ2) is 7.70. The summed E-state index contributed by atoms with van der Waals surface area (Å²) in [5.41, 5.74) is 0. The molecule has 0 fully saturated rings. The fourth-order valence-corrected chi connectivity index (χ4v) is 1.39. The molecule has 1 heterocycles. The van der Waals surface area contributed by atoms with Gasteiger partial charge in [0.2, 0.25) is 0 Å². The van der Waals surface area contributed by atoms with E-state index in [0.717, 1.165) is 6.54 Å². The summed E-state index contributed by atoms with van der Waals surface area (Å²) in [5.74, 6) is 0.709. The molecule has 0 amide bonds. The van der Waals surface area contributed by atoms with Crippen LogP contribution in [0.2, 0.25) is 0 Å². The van der Waals surface area contributed by atoms with Gasteiger partial charge in [0.05, 0.1) is 0 Å². The number of hydrogen-bond donors (Lipinski definition) is 1. The molecule has 0 spiro atoms. The monoisotopic (exact) mass is 287 g/mol. The molecule has 104 valence electrons. The number of likely N-dealkylation sites (N-methyl/N-ethyl adjacent to an activating group) is 1. The molecule has 5 nitrogen and oxygen atoms in total. The average molecular weight is 288 g/mol. The van der Waals surface area contributed by atoms with Gasteiger partial charge in [-0.15, -0.1) is 12.4 Å². The Morgan fingerprint density at radius 3 is 2.89 bits per heavy atom. The summed E-state index contributed by atoms with van der Waals surface area (Å²) < 4.78 is 23.5. The number of rotatable bonds is 6. The first-order valence-electron chi connectivity index (χ1n) is 5.63. The lowest BCUT2D eigenvalue weighted by molar-refractivity contribution is 0.234. The molecule has 1 N–H and O–H groups in total. The molecule has 2 aromatic rings. The van der Waals surface area contributed by atoms with Crippen LogP contribution in [0.5, 0.6) is 5.75 Å². The van der Waals surface area contributed by atoms with Crippen LogP contribution in [0.15, 0.2) is 28.8 Å². The van der Waals surface area contributed by atoms with Gasteiger partial charge in [0.25, 0.3) is 5.89 Å². The van der Waals surface area contributed by atoms with E-state index in [9.17, 15) is 4.39 Å². The normalized spacial score (nSPS) is 10.0. The van der Waals surface area contributed by atoms with Crippen molar-refractivity contribution in [3.8, 4) is 5.75 Å². The fraction of sp³-hybridized carbons (Fsp3) is 0.333. The topological polar surface area (TPSA) is 60.2 Å². The van der Waals surface area contributed by atoms with Gasteiger partial charge in [-0.2, -0.15) is 4.98 Å². The maximum atomic E-state index is 13.3. The minimum absolute atomic E-state index is 0. The maximum absolute atomic E-state index is 13.3. The Morgan fingerprint density at radius 2 is 2.16 bits per heavy atom. The molecule has 0 saturated heterocycles. The SMILES string of the molecule is CNCCc1noc(COc2ccccc2F)n1.Cl. The first-order valence-corrected chi connectivity index (χ1v) is 5.63. The van der Waals surface area contributed by atoms with Crippen molar-refractivity contribution in [2.45, 2.75) is 13.0 Å². The third-order valence-corrected chi connectivity index (χ3v) is 2.30. The lowest BCUT2D eigenvalue weighted by atomic mass is 10.3. The van der Waals surface area contributed by atoms with Gasteiger partial charge in [-0.3, -0.25) is 0 Å². The summed E-state index contributed by atoms with van der Waals surface area (Å²) in [5, 5.41) is 6.78. The molecule has 19 heavy (non-hydrogen) atoms. The van der Waals surface area contributed by atoms with Crippen LogP contribution in [0.3, 0.4) is 0 Å². The van der Waals surface area contributed by atoms with Gasteiger partial charge in [-0.05, 0) is 19.2 Å². The van der Waals surface area contributed by atoms with Crippen molar-refractivity contribution < 1.29 is 13.7 Å². The lowest BCUT2D eigenvalue weighted by Gasteiger charge is -2.03. The third-order valence-electron chi connectivity index (χ3n) is 2.30. The third kappa shape index (κ3) is 4.50. The highest BCUT2D eigenvalue weighted by Gasteiger charge is 2.08. The van der Waals surface area contributed by atoms with Crippen molar-refractivity contribution in [1.82, 2.24) is 15.5 Å². The molecule has 0 atom stereocenters. The molecule has 0 aliphatic rings. The molecular weight excluding hydrogens is 273 g/mol. The first kappa shape index (κ1) is 15.4. The second-order valence-electron chi connectivity index (χ2n) is 3.68. The van der Waals surface area contributed by atoms with E-state index in [1.54, 1.807) is 18.2 Å². The highest BCUT2D eigenvalue weighted by Crippen LogP contribution is 2.16. The summed E-state index contributed by atoms with van der Waals surface area (Å²) >= 11 is 0. The molecule has 0 bridgehead atoms. The Balaban J connectivity index is 0.00000180. The summed E-state index contributed by atoms with van der Waals surface area (Å²) in [6, 6.07) is 6.18. The van der Waals surface area contributed by atoms with E-state index in [2.05, 4.69) is 15.5 Å². The number of hydrogen-bond acceptors (Lipinski definition) is 5. The molecule has 0 aliphatic carbocycles. The van der Waals surface area contributed by atoms with Gasteiger partial charge in [0.1, 0.15) is 0 Å². The molecular formula is C12H15ClFN3O2. The van der Waals surface area contributed by atoms with Crippen LogP contribution in [0.1, 0.15) is 11.7 Å². The Labute approximate surface area is 116 Å². The van der Waals surface area contributed by atoms with Crippen molar-refractivity contribution in [2.75, 3.05) is 13.6 Å². The van der Waals surface area contributed by atoms with E-state index in [1.807, 2.05) is 7.05 Å². The van der Waals surface area contributed by atoms with Gasteiger partial charge in [-0.25, -0.2) is 4.39 Å². The van der Waals surface area contributed by atoms with Gasteiger partial charge >= 0.3 is 0 Å². The van der Waals surface area contributed by atoms with E-state index >= 15 is 0 Å². The zero-order valence-electron chi connectivity index (χ0n) is 10.4. The van der Waals surface area contributed by atoms with E-state index in [1.165, 1.54) is 6.07 Å². The minimum Gasteiger partial charge on any atom is -0.481 e. The van der Waals surface area contributed by atoms with Crippen LogP contribution in [-0.4, -0.2) is 23.7 Å². The van der Waals surface area contributed by atoms with Crippen molar-refractivity contribution in [3.63, 3.8) is 0 Å². The highest BCUT2D eigenvalue weighted by atomic mass is 35.5. The van der Waals surface area contributed by atoms with Gasteiger partial charge in [0.15, 0.2) is 24.0 Å². The Morgan fingerprint density at radius 1 is 1.37 bits per heavy atom. The predicted molar refractivity (Wildman–Crippen MR) is 69.9 cm³/mol. The highest BCUT2D eigenvalue weighted by molar-refractivity contribution is 5.85. The number of para-hydroxylation sites is 1. The van der Waals surface area contributed by atoms with Gasteiger partial charge in [0, 0.05) is 13.0 Å². The van der Waals surface area contributed by atoms with Crippen LogP contribution in [0, 0.1) is 5.82 Å². The van der Waals surface area contributed by atoms with E-state index < -0.39 is 5.82 Å². The Bertz CT molecular complexity index is 507. The number of ether oxygens (including phenoxy) is 1. The van der Waals surface area contributed by atoms with E-state index in [-0.39, 0.29) is 24.8 Å². The summed E-state index contributed by atoms with van der Waals surface area (Å²) in [7, 11) is 1.85. The molecule has 0 aliphatic heterocycles. The maximum Gasteiger partial charge on any atom is 0.264 e. The zero-order chi connectivity index (χ0) is 12.8. The van der Waals surface area contributed by atoms with Crippen molar-refractivity contribution in [1.29, 1.82) is 0 Å². The number of benzene rings is 1. The van der Waals surface area contributed by atoms with Crippen molar-refractivity contribution in [2.24, 2.45) is 0 Å². The van der Waals surface area contributed by atoms with Crippen LogP contribution in [0.4, 0.5) is 4.39 Å². The summed E-state index contributed by atoms with van der Waals surface area (Å²) in [4.78, 5) is 4.13. The second-order valence-corrected chi connectivity index (χ2v) is 3.68. The Kier molecular flexibility index (Phi) is 6.24. The van der Waals surface area contributed by atoms with Crippen molar-refractivity contribution >= 4 is 12.4 Å². The molecule has 0 unspecified atom stereocenters. The predicted octanol–water partition coefficient (Wildman–Crippen LogP) is 1.97. The number of halogens is 2. The molecule has 1 aromatic heterocycles. The number of nitrogens with one attached hydrogen (secondary N) is 1. The summed E-state index contributed by atoms with van der Waals surface area (Å²) in [6.07, 6.45) is 0.680. The smallest absolute Gasteiger partial charge is 0.264 e. The molecule has 7 heteroatoms. The zero-order valence-corrected chi connectivity index (χ0v) is 11.2. The average Bonchev–Trinajstić information content (AvgIpc) is 2.83. The minimum atomic E-state index is -0.410. The van der Waals surface area contributed by atoms with Crippen molar-refractivity contribution in [3.05, 3.63) is 41.8 Å². The van der Waals surface area contributed by atoms with E-state index in [4.69, 9.17) is 9.26 Å². The summed E-state index contributed by atoms with van der Waals surface area (Å²) in [6.45, 7) is 0.834. The fourth-order valence-electron chi connectivity index (χ4n) is 1.39. The van der Waals surface area contributed by atoms with Crippen LogP contribution >= 0.6 is 12.4 Å². The molecule has 2 rings (SSSR count). The quantitative estimate of drug-likeness (QED) is 0.880. The van der Waals surface area contributed by atoms with Crippen LogP contribution in [-0.2, 0) is 13.0 Å².